The van der Waals surface area contributed by atoms with Crippen molar-refractivity contribution in [3.63, 3.8) is 0 Å². The normalized spacial score (nSPS) is 11.1. The first-order chi connectivity index (χ1) is 11.9. The summed E-state index contributed by atoms with van der Waals surface area (Å²) in [6, 6.07) is 10.2. The number of carbonyl (C=O) groups is 1. The maximum Gasteiger partial charge on any atom is 0.255 e. The number of hydrogen-bond donors (Lipinski definition) is 2. The first-order valence-corrected chi connectivity index (χ1v) is 8.04. The van der Waals surface area contributed by atoms with E-state index in [-0.39, 0.29) is 24.4 Å². The average Bonchev–Trinajstić information content (AvgIpc) is 2.62. The molecule has 0 spiro atoms. The van der Waals surface area contributed by atoms with Gasteiger partial charge in [-0.2, -0.15) is 0 Å². The van der Waals surface area contributed by atoms with E-state index in [2.05, 4.69) is 5.32 Å². The molecule has 3 N–H and O–H groups in total. The van der Waals surface area contributed by atoms with Gasteiger partial charge in [-0.3, -0.25) is 4.79 Å². The monoisotopic (exact) mass is 400 g/mol. The summed E-state index contributed by atoms with van der Waals surface area (Å²) in [6.45, 7) is 2.17. The first-order valence-electron chi connectivity index (χ1n) is 7.66. The van der Waals surface area contributed by atoms with Crippen LogP contribution in [0.1, 0.15) is 17.3 Å². The molecule has 0 bridgehead atoms. The van der Waals surface area contributed by atoms with Gasteiger partial charge in [0.25, 0.3) is 5.91 Å². The zero-order valence-electron chi connectivity index (χ0n) is 14.7. The molecule has 0 aliphatic rings. The number of hydrogen-bond acceptors (Lipinski definition) is 5. The molecule has 142 valence electrons. The average molecular weight is 401 g/mol. The van der Waals surface area contributed by atoms with Gasteiger partial charge in [0.15, 0.2) is 0 Å². The Hall–Kier alpha value is -2.31. The summed E-state index contributed by atoms with van der Waals surface area (Å²) in [5.74, 6) is 1.49. The zero-order chi connectivity index (χ0) is 18.4. The van der Waals surface area contributed by atoms with Gasteiger partial charge in [0.1, 0.15) is 23.4 Å². The predicted molar refractivity (Wildman–Crippen MR) is 105 cm³/mol. The summed E-state index contributed by atoms with van der Waals surface area (Å²) in [5, 5.41) is 3.09. The van der Waals surface area contributed by atoms with Crippen LogP contribution in [0.15, 0.2) is 36.4 Å². The molecule has 0 heterocycles. The second-order valence-electron chi connectivity index (χ2n) is 5.39. The van der Waals surface area contributed by atoms with E-state index >= 15 is 0 Å². The lowest BCUT2D eigenvalue weighted by atomic mass is 10.1. The largest absolute Gasteiger partial charge is 0.497 e. The van der Waals surface area contributed by atoms with Crippen molar-refractivity contribution in [2.45, 2.75) is 13.0 Å². The van der Waals surface area contributed by atoms with Crippen LogP contribution in [-0.4, -0.2) is 32.8 Å². The van der Waals surface area contributed by atoms with E-state index in [1.165, 1.54) is 19.2 Å². The van der Waals surface area contributed by atoms with Crippen LogP contribution in [0.2, 0.25) is 5.02 Å². The lowest BCUT2D eigenvalue weighted by molar-refractivity contribution is 0.0929. The fraction of sp³-hybridized carbons (Fsp3) is 0.278. The number of carbonyl (C=O) groups excluding carboxylic acids is 1. The van der Waals surface area contributed by atoms with Crippen molar-refractivity contribution in [1.29, 1.82) is 0 Å². The van der Waals surface area contributed by atoms with Crippen molar-refractivity contribution in [3.8, 4) is 17.2 Å². The minimum atomic E-state index is -0.316. The number of halogens is 2. The van der Waals surface area contributed by atoms with Gasteiger partial charge in [0.05, 0.1) is 37.0 Å². The molecule has 1 unspecified atom stereocenters. The van der Waals surface area contributed by atoms with Crippen LogP contribution in [0.5, 0.6) is 17.2 Å². The standard InChI is InChI=1S/C18H21ClN2O4.ClH/c1-11(25-13-6-4-12(23-2)5-7-13)10-21-18(22)14-8-15(19)16(20)9-17(14)24-3;/h4-9,11H,10,20H2,1-3H3,(H,21,22);1H. The molecular weight excluding hydrogens is 379 g/mol. The second-order valence-corrected chi connectivity index (χ2v) is 5.80. The maximum atomic E-state index is 12.4. The molecule has 1 amide bonds. The summed E-state index contributed by atoms with van der Waals surface area (Å²) in [7, 11) is 3.07. The molecule has 0 saturated heterocycles. The number of anilines is 1. The van der Waals surface area contributed by atoms with E-state index in [4.69, 9.17) is 31.5 Å². The molecular formula is C18H22Cl2N2O4. The molecule has 2 rings (SSSR count). The Kier molecular flexibility index (Phi) is 8.35. The van der Waals surface area contributed by atoms with Gasteiger partial charge in [0, 0.05) is 6.07 Å². The first kappa shape index (κ1) is 21.7. The fourth-order valence-corrected chi connectivity index (χ4v) is 2.34. The zero-order valence-corrected chi connectivity index (χ0v) is 16.3. The topological polar surface area (TPSA) is 82.8 Å². The lowest BCUT2D eigenvalue weighted by Crippen LogP contribution is -2.33. The van der Waals surface area contributed by atoms with E-state index in [1.807, 2.05) is 19.1 Å². The Balaban J connectivity index is 0.00000338. The number of nitrogens with two attached hydrogens (primary N) is 1. The molecule has 26 heavy (non-hydrogen) atoms. The summed E-state index contributed by atoms with van der Waals surface area (Å²) < 4.78 is 16.0. The molecule has 1 atom stereocenters. The number of nitrogens with one attached hydrogen (secondary N) is 1. The minimum Gasteiger partial charge on any atom is -0.497 e. The molecule has 0 fully saturated rings. The Morgan fingerprint density at radius 3 is 2.35 bits per heavy atom. The van der Waals surface area contributed by atoms with Crippen LogP contribution in [0.4, 0.5) is 5.69 Å². The summed E-state index contributed by atoms with van der Waals surface area (Å²) in [4.78, 5) is 12.4. The molecule has 0 saturated carbocycles. The van der Waals surface area contributed by atoms with Gasteiger partial charge in [-0.1, -0.05) is 11.6 Å². The Morgan fingerprint density at radius 1 is 1.15 bits per heavy atom. The van der Waals surface area contributed by atoms with Crippen LogP contribution >= 0.6 is 24.0 Å². The minimum absolute atomic E-state index is 0. The maximum absolute atomic E-state index is 12.4. The van der Waals surface area contributed by atoms with Gasteiger partial charge in [-0.05, 0) is 37.3 Å². The Labute approximate surface area is 164 Å². The number of rotatable bonds is 7. The van der Waals surface area contributed by atoms with E-state index in [0.29, 0.717) is 34.3 Å². The third-order valence-electron chi connectivity index (χ3n) is 3.51. The predicted octanol–water partition coefficient (Wildman–Crippen LogP) is 3.56. The van der Waals surface area contributed by atoms with Gasteiger partial charge < -0.3 is 25.3 Å². The molecule has 8 heteroatoms. The SMILES string of the molecule is COc1ccc(OC(C)CNC(=O)c2cc(Cl)c(N)cc2OC)cc1.Cl. The van der Waals surface area contributed by atoms with Crippen molar-refractivity contribution in [3.05, 3.63) is 47.0 Å². The molecule has 6 nitrogen and oxygen atoms in total. The molecule has 2 aromatic carbocycles. The summed E-state index contributed by atoms with van der Waals surface area (Å²) in [5.41, 5.74) is 6.39. The third-order valence-corrected chi connectivity index (χ3v) is 3.84. The molecule has 0 radical (unpaired) electrons. The molecule has 0 aromatic heterocycles. The highest BCUT2D eigenvalue weighted by Gasteiger charge is 2.16. The Bertz CT molecular complexity index is 739. The van der Waals surface area contributed by atoms with Crippen molar-refractivity contribution >= 4 is 35.6 Å². The number of nitrogen functional groups attached to an aromatic ring is 1. The molecule has 0 aliphatic carbocycles. The third kappa shape index (κ3) is 5.61. The van der Waals surface area contributed by atoms with Crippen molar-refractivity contribution in [2.75, 3.05) is 26.5 Å². The van der Waals surface area contributed by atoms with Gasteiger partial charge in [-0.25, -0.2) is 0 Å². The van der Waals surface area contributed by atoms with E-state index in [1.54, 1.807) is 19.2 Å². The second kappa shape index (κ2) is 9.99. The smallest absolute Gasteiger partial charge is 0.255 e. The van der Waals surface area contributed by atoms with E-state index in [9.17, 15) is 4.79 Å². The highest BCUT2D eigenvalue weighted by atomic mass is 35.5. The highest BCUT2D eigenvalue weighted by molar-refractivity contribution is 6.33. The van der Waals surface area contributed by atoms with Gasteiger partial charge in [-0.15, -0.1) is 12.4 Å². The number of methoxy groups -OCH3 is 2. The van der Waals surface area contributed by atoms with Gasteiger partial charge >= 0.3 is 0 Å². The summed E-state index contributed by atoms with van der Waals surface area (Å²) in [6.07, 6.45) is -0.229. The van der Waals surface area contributed by atoms with Crippen LogP contribution in [0.3, 0.4) is 0 Å². The number of amides is 1. The van der Waals surface area contributed by atoms with Crippen LogP contribution in [0, 0.1) is 0 Å². The van der Waals surface area contributed by atoms with Crippen molar-refractivity contribution < 1.29 is 19.0 Å². The molecule has 0 aliphatic heterocycles. The van der Waals surface area contributed by atoms with Crippen LogP contribution < -0.4 is 25.3 Å². The van der Waals surface area contributed by atoms with Crippen LogP contribution in [0.25, 0.3) is 0 Å². The number of benzene rings is 2. The fourth-order valence-electron chi connectivity index (χ4n) is 2.18. The van der Waals surface area contributed by atoms with Crippen molar-refractivity contribution in [1.82, 2.24) is 5.32 Å². The highest BCUT2D eigenvalue weighted by Crippen LogP contribution is 2.28. The lowest BCUT2D eigenvalue weighted by Gasteiger charge is -2.16. The van der Waals surface area contributed by atoms with E-state index in [0.717, 1.165) is 5.75 Å². The van der Waals surface area contributed by atoms with E-state index < -0.39 is 0 Å². The molecule has 2 aromatic rings. The number of ether oxygens (including phenoxy) is 3. The Morgan fingerprint density at radius 2 is 1.77 bits per heavy atom. The quantitative estimate of drug-likeness (QED) is 0.694. The van der Waals surface area contributed by atoms with Crippen molar-refractivity contribution in [2.24, 2.45) is 0 Å². The van der Waals surface area contributed by atoms with Crippen LogP contribution in [-0.2, 0) is 0 Å². The summed E-state index contributed by atoms with van der Waals surface area (Å²) >= 11 is 5.99. The van der Waals surface area contributed by atoms with Gasteiger partial charge in [0.2, 0.25) is 0 Å².